The number of hydrogen-bond acceptors (Lipinski definition) is 1. The van der Waals surface area contributed by atoms with Gasteiger partial charge in [0.25, 0.3) is 0 Å². The van der Waals surface area contributed by atoms with Crippen molar-refractivity contribution in [1.29, 1.82) is 0 Å². The van der Waals surface area contributed by atoms with Crippen molar-refractivity contribution in [1.82, 2.24) is 4.57 Å². The van der Waals surface area contributed by atoms with Crippen LogP contribution in [0.2, 0.25) is 5.02 Å². The van der Waals surface area contributed by atoms with Crippen LogP contribution in [0.4, 0.5) is 10.1 Å². The molecule has 0 atom stereocenters. The Hall–Kier alpha value is -1.48. The van der Waals surface area contributed by atoms with Crippen molar-refractivity contribution in [2.75, 3.05) is 5.32 Å². The first-order chi connectivity index (χ1) is 8.69. The van der Waals surface area contributed by atoms with Gasteiger partial charge in [0.15, 0.2) is 0 Å². The first-order valence-corrected chi connectivity index (χ1v) is 6.41. The fraction of sp³-hybridized carbons (Fsp3) is 0.286. The first-order valence-electron chi connectivity index (χ1n) is 6.03. The molecule has 0 saturated heterocycles. The van der Waals surface area contributed by atoms with Gasteiger partial charge in [-0.2, -0.15) is 0 Å². The van der Waals surface area contributed by atoms with Gasteiger partial charge in [-0.25, -0.2) is 4.39 Å². The van der Waals surface area contributed by atoms with Gasteiger partial charge in [-0.15, -0.1) is 0 Å². The Labute approximate surface area is 111 Å². The average molecular weight is 267 g/mol. The van der Waals surface area contributed by atoms with E-state index in [4.69, 9.17) is 11.6 Å². The lowest BCUT2D eigenvalue weighted by molar-refractivity contribution is 0.628. The number of aromatic nitrogens is 1. The molecule has 0 unspecified atom stereocenters. The predicted molar refractivity (Wildman–Crippen MR) is 73.5 cm³/mol. The lowest BCUT2D eigenvalue weighted by atomic mass is 10.3. The molecular formula is C14H16ClFN2. The molecule has 1 N–H and O–H groups in total. The second-order valence-electron chi connectivity index (χ2n) is 4.20. The van der Waals surface area contributed by atoms with E-state index in [0.29, 0.717) is 17.3 Å². The summed E-state index contributed by atoms with van der Waals surface area (Å²) in [7, 11) is 0. The van der Waals surface area contributed by atoms with Crippen LogP contribution in [0.25, 0.3) is 0 Å². The highest BCUT2D eigenvalue weighted by Crippen LogP contribution is 2.18. The molecule has 0 fully saturated rings. The van der Waals surface area contributed by atoms with Crippen molar-refractivity contribution in [3.63, 3.8) is 0 Å². The third-order valence-electron chi connectivity index (χ3n) is 2.72. The zero-order valence-electron chi connectivity index (χ0n) is 10.3. The van der Waals surface area contributed by atoms with Gasteiger partial charge in [0.1, 0.15) is 5.82 Å². The minimum atomic E-state index is -0.325. The van der Waals surface area contributed by atoms with Crippen LogP contribution in [0.5, 0.6) is 0 Å². The highest BCUT2D eigenvalue weighted by Gasteiger charge is 2.02. The van der Waals surface area contributed by atoms with Crippen LogP contribution in [-0.2, 0) is 13.1 Å². The fourth-order valence-corrected chi connectivity index (χ4v) is 2.14. The van der Waals surface area contributed by atoms with E-state index in [2.05, 4.69) is 29.1 Å². The van der Waals surface area contributed by atoms with Crippen LogP contribution in [0.1, 0.15) is 19.0 Å². The molecule has 0 bridgehead atoms. The van der Waals surface area contributed by atoms with Crippen LogP contribution in [0.15, 0.2) is 36.5 Å². The highest BCUT2D eigenvalue weighted by atomic mass is 35.5. The first kappa shape index (κ1) is 13.0. The van der Waals surface area contributed by atoms with Gasteiger partial charge >= 0.3 is 0 Å². The number of rotatable bonds is 5. The van der Waals surface area contributed by atoms with E-state index in [1.54, 1.807) is 6.07 Å². The highest BCUT2D eigenvalue weighted by molar-refractivity contribution is 6.30. The Kier molecular flexibility index (Phi) is 4.26. The second kappa shape index (κ2) is 5.91. The molecule has 1 aromatic heterocycles. The van der Waals surface area contributed by atoms with Crippen LogP contribution in [0.3, 0.4) is 0 Å². The van der Waals surface area contributed by atoms with Crippen LogP contribution in [0, 0.1) is 5.82 Å². The molecular weight excluding hydrogens is 251 g/mol. The molecule has 0 saturated carbocycles. The maximum Gasteiger partial charge on any atom is 0.126 e. The average Bonchev–Trinajstić information content (AvgIpc) is 2.73. The quantitative estimate of drug-likeness (QED) is 0.854. The number of anilines is 1. The summed E-state index contributed by atoms with van der Waals surface area (Å²) in [6.45, 7) is 3.80. The van der Waals surface area contributed by atoms with E-state index >= 15 is 0 Å². The Morgan fingerprint density at radius 1 is 1.33 bits per heavy atom. The number of halogens is 2. The third-order valence-corrected chi connectivity index (χ3v) is 2.94. The van der Waals surface area contributed by atoms with E-state index in [1.165, 1.54) is 17.8 Å². The molecule has 0 spiro atoms. The minimum absolute atomic E-state index is 0.325. The summed E-state index contributed by atoms with van der Waals surface area (Å²) in [5, 5.41) is 3.59. The molecule has 1 heterocycles. The summed E-state index contributed by atoms with van der Waals surface area (Å²) in [6.07, 6.45) is 3.15. The van der Waals surface area contributed by atoms with Gasteiger partial charge < -0.3 is 9.88 Å². The SMILES string of the molecule is CCCn1cccc1CNc1cc(F)cc(Cl)c1. The van der Waals surface area contributed by atoms with Crippen LogP contribution >= 0.6 is 11.6 Å². The molecule has 2 aromatic rings. The van der Waals surface area contributed by atoms with E-state index in [9.17, 15) is 4.39 Å². The summed E-state index contributed by atoms with van der Waals surface area (Å²) in [5.74, 6) is -0.325. The number of nitrogens with one attached hydrogen (secondary N) is 1. The number of hydrogen-bond donors (Lipinski definition) is 1. The molecule has 0 aliphatic rings. The van der Waals surface area contributed by atoms with Crippen molar-refractivity contribution < 1.29 is 4.39 Å². The van der Waals surface area contributed by atoms with Gasteiger partial charge in [0, 0.05) is 29.1 Å². The van der Waals surface area contributed by atoms with Gasteiger partial charge in [-0.3, -0.25) is 0 Å². The van der Waals surface area contributed by atoms with Crippen molar-refractivity contribution in [2.24, 2.45) is 0 Å². The van der Waals surface area contributed by atoms with E-state index < -0.39 is 0 Å². The Balaban J connectivity index is 2.04. The zero-order chi connectivity index (χ0) is 13.0. The number of nitrogens with zero attached hydrogens (tertiary/aromatic N) is 1. The lowest BCUT2D eigenvalue weighted by Crippen LogP contribution is -2.07. The third kappa shape index (κ3) is 3.26. The topological polar surface area (TPSA) is 17.0 Å². The van der Waals surface area contributed by atoms with Gasteiger partial charge in [-0.05, 0) is 36.8 Å². The molecule has 0 aliphatic carbocycles. The molecule has 0 amide bonds. The van der Waals surface area contributed by atoms with Gasteiger partial charge in [0.2, 0.25) is 0 Å². The van der Waals surface area contributed by atoms with Crippen molar-refractivity contribution in [3.8, 4) is 0 Å². The normalized spacial score (nSPS) is 10.6. The maximum atomic E-state index is 13.2. The van der Waals surface area contributed by atoms with Gasteiger partial charge in [-0.1, -0.05) is 18.5 Å². The molecule has 18 heavy (non-hydrogen) atoms. The predicted octanol–water partition coefficient (Wildman–Crippen LogP) is 4.30. The zero-order valence-corrected chi connectivity index (χ0v) is 11.0. The maximum absolute atomic E-state index is 13.2. The minimum Gasteiger partial charge on any atom is -0.379 e. The van der Waals surface area contributed by atoms with Crippen molar-refractivity contribution in [3.05, 3.63) is 53.1 Å². The molecule has 1 aromatic carbocycles. The van der Waals surface area contributed by atoms with E-state index in [-0.39, 0.29) is 5.82 Å². The lowest BCUT2D eigenvalue weighted by Gasteiger charge is -2.10. The van der Waals surface area contributed by atoms with Crippen molar-refractivity contribution >= 4 is 17.3 Å². The Bertz CT molecular complexity index is 502. The largest absolute Gasteiger partial charge is 0.379 e. The standard InChI is InChI=1S/C14H16ClFN2/c1-2-5-18-6-3-4-14(18)10-17-13-8-11(15)7-12(16)9-13/h3-4,6-9,17H,2,5,10H2,1H3. The fourth-order valence-electron chi connectivity index (χ4n) is 1.92. The van der Waals surface area contributed by atoms with Gasteiger partial charge in [0.05, 0.1) is 6.54 Å². The Morgan fingerprint density at radius 3 is 2.89 bits per heavy atom. The molecule has 2 rings (SSSR count). The number of aryl methyl sites for hydroxylation is 1. The molecule has 0 radical (unpaired) electrons. The summed E-state index contributed by atoms with van der Waals surface area (Å²) in [5.41, 5.74) is 1.88. The van der Waals surface area contributed by atoms with E-state index in [1.807, 2.05) is 6.07 Å². The monoisotopic (exact) mass is 266 g/mol. The summed E-state index contributed by atoms with van der Waals surface area (Å²) >= 11 is 5.81. The summed E-state index contributed by atoms with van der Waals surface area (Å²) in [6, 6.07) is 8.54. The number of benzene rings is 1. The van der Waals surface area contributed by atoms with Crippen LogP contribution in [-0.4, -0.2) is 4.57 Å². The van der Waals surface area contributed by atoms with Crippen LogP contribution < -0.4 is 5.32 Å². The summed E-state index contributed by atoms with van der Waals surface area (Å²) in [4.78, 5) is 0. The van der Waals surface area contributed by atoms with Crippen molar-refractivity contribution in [2.45, 2.75) is 26.4 Å². The summed E-state index contributed by atoms with van der Waals surface area (Å²) < 4.78 is 15.4. The Morgan fingerprint density at radius 2 is 2.17 bits per heavy atom. The molecule has 2 nitrogen and oxygen atoms in total. The molecule has 96 valence electrons. The molecule has 4 heteroatoms. The van der Waals surface area contributed by atoms with E-state index in [0.717, 1.165) is 13.0 Å². The smallest absolute Gasteiger partial charge is 0.126 e. The second-order valence-corrected chi connectivity index (χ2v) is 4.64. The molecule has 0 aliphatic heterocycles.